The molecule has 0 unspecified atom stereocenters. The van der Waals surface area contributed by atoms with Crippen LogP contribution in [0.3, 0.4) is 0 Å². The standard InChI is InChI=1S/C24H25N5O2S/c1-16-13-19(17(2)29(16)18-9-5-4-6-10-18)24(31)27-26-23(30)14-28-21-12-8-7-11-20(21)25-22(28)15-32-3/h4-13H,14-15H2,1-3H3,(H,26,30)(H,27,31). The first-order valence-corrected chi connectivity index (χ1v) is 11.7. The fourth-order valence-corrected chi connectivity index (χ4v) is 4.36. The number of carbonyl (C=O) groups excluding carboxylic acids is 2. The number of hydrogen-bond donors (Lipinski definition) is 2. The van der Waals surface area contributed by atoms with E-state index in [1.54, 1.807) is 11.8 Å². The molecule has 2 amide bonds. The van der Waals surface area contributed by atoms with Gasteiger partial charge in [0.2, 0.25) is 0 Å². The zero-order valence-corrected chi connectivity index (χ0v) is 19.1. The van der Waals surface area contributed by atoms with Crippen LogP contribution in [0.2, 0.25) is 0 Å². The molecule has 0 radical (unpaired) electrons. The SMILES string of the molecule is CSCc1nc2ccccc2n1CC(=O)NNC(=O)c1cc(C)n(-c2ccccc2)c1C. The number of aryl methyl sites for hydroxylation is 1. The Balaban J connectivity index is 1.47. The highest BCUT2D eigenvalue weighted by Gasteiger charge is 2.18. The summed E-state index contributed by atoms with van der Waals surface area (Å²) in [6, 6.07) is 19.4. The van der Waals surface area contributed by atoms with E-state index in [0.29, 0.717) is 11.3 Å². The minimum atomic E-state index is -0.353. The van der Waals surface area contributed by atoms with Gasteiger partial charge in [-0.2, -0.15) is 11.8 Å². The van der Waals surface area contributed by atoms with Crippen molar-refractivity contribution < 1.29 is 9.59 Å². The molecule has 8 heteroatoms. The number of rotatable bonds is 6. The average Bonchev–Trinajstić information content (AvgIpc) is 3.29. The van der Waals surface area contributed by atoms with Crippen molar-refractivity contribution in [1.29, 1.82) is 0 Å². The number of hydrogen-bond acceptors (Lipinski definition) is 4. The molecule has 0 spiro atoms. The van der Waals surface area contributed by atoms with Crippen LogP contribution < -0.4 is 10.9 Å². The number of nitrogens with one attached hydrogen (secondary N) is 2. The molecule has 0 bridgehead atoms. The summed E-state index contributed by atoms with van der Waals surface area (Å²) in [5, 5.41) is 0. The lowest BCUT2D eigenvalue weighted by Gasteiger charge is -2.11. The lowest BCUT2D eigenvalue weighted by Crippen LogP contribution is -2.43. The lowest BCUT2D eigenvalue weighted by atomic mass is 10.2. The van der Waals surface area contributed by atoms with Gasteiger partial charge < -0.3 is 9.13 Å². The molecule has 4 rings (SSSR count). The van der Waals surface area contributed by atoms with Crippen LogP contribution in [0.1, 0.15) is 27.6 Å². The number of benzene rings is 2. The maximum absolute atomic E-state index is 12.8. The zero-order valence-electron chi connectivity index (χ0n) is 18.3. The van der Waals surface area contributed by atoms with Gasteiger partial charge in [0, 0.05) is 17.1 Å². The average molecular weight is 448 g/mol. The first-order valence-electron chi connectivity index (χ1n) is 10.3. The fourth-order valence-electron chi connectivity index (χ4n) is 3.89. The Morgan fingerprint density at radius 1 is 1.00 bits per heavy atom. The summed E-state index contributed by atoms with van der Waals surface area (Å²) in [7, 11) is 0. The molecule has 0 saturated heterocycles. The van der Waals surface area contributed by atoms with Crippen LogP contribution in [0.15, 0.2) is 60.7 Å². The molecule has 32 heavy (non-hydrogen) atoms. The highest BCUT2D eigenvalue weighted by molar-refractivity contribution is 7.97. The molecule has 4 aromatic rings. The Kier molecular flexibility index (Phi) is 6.32. The zero-order chi connectivity index (χ0) is 22.7. The van der Waals surface area contributed by atoms with E-state index in [1.807, 2.05) is 89.9 Å². The third-order valence-electron chi connectivity index (χ3n) is 5.31. The molecular weight excluding hydrogens is 422 g/mol. The normalized spacial score (nSPS) is 11.0. The molecule has 0 atom stereocenters. The van der Waals surface area contributed by atoms with Crippen LogP contribution in [0.4, 0.5) is 0 Å². The third kappa shape index (κ3) is 4.27. The molecule has 0 aliphatic heterocycles. The van der Waals surface area contributed by atoms with Gasteiger partial charge in [0.25, 0.3) is 11.8 Å². The van der Waals surface area contributed by atoms with Gasteiger partial charge in [-0.3, -0.25) is 20.4 Å². The van der Waals surface area contributed by atoms with Gasteiger partial charge in [-0.05, 0) is 50.4 Å². The molecule has 0 saturated carbocycles. The summed E-state index contributed by atoms with van der Waals surface area (Å²) in [6.45, 7) is 3.91. The van der Waals surface area contributed by atoms with Crippen molar-refractivity contribution in [3.63, 3.8) is 0 Å². The molecule has 2 N–H and O–H groups in total. The number of carbonyl (C=O) groups is 2. The van der Waals surface area contributed by atoms with E-state index in [-0.39, 0.29) is 18.4 Å². The molecule has 0 fully saturated rings. The molecule has 0 aliphatic rings. The van der Waals surface area contributed by atoms with Crippen LogP contribution in [0, 0.1) is 13.8 Å². The Morgan fingerprint density at radius 2 is 1.72 bits per heavy atom. The molecule has 2 heterocycles. The molecule has 7 nitrogen and oxygen atoms in total. The highest BCUT2D eigenvalue weighted by Crippen LogP contribution is 2.21. The number of amides is 2. The quantitative estimate of drug-likeness (QED) is 0.441. The summed E-state index contributed by atoms with van der Waals surface area (Å²) >= 11 is 1.64. The molecular formula is C24H25N5O2S. The fraction of sp³-hybridized carbons (Fsp3) is 0.208. The Bertz CT molecular complexity index is 1280. The lowest BCUT2D eigenvalue weighted by molar-refractivity contribution is -0.122. The van der Waals surface area contributed by atoms with Crippen molar-refractivity contribution in [2.45, 2.75) is 26.1 Å². The second kappa shape index (κ2) is 9.32. The van der Waals surface area contributed by atoms with Gasteiger partial charge in [0.05, 0.1) is 22.3 Å². The van der Waals surface area contributed by atoms with E-state index in [2.05, 4.69) is 15.8 Å². The van der Waals surface area contributed by atoms with E-state index in [1.165, 1.54) is 0 Å². The topological polar surface area (TPSA) is 81.0 Å². The first kappa shape index (κ1) is 21.7. The summed E-state index contributed by atoms with van der Waals surface area (Å²) in [5.41, 5.74) is 10.1. The summed E-state index contributed by atoms with van der Waals surface area (Å²) in [6.07, 6.45) is 2.00. The second-order valence-corrected chi connectivity index (χ2v) is 8.36. The van der Waals surface area contributed by atoms with Gasteiger partial charge in [0.15, 0.2) is 0 Å². The first-order chi connectivity index (χ1) is 15.5. The van der Waals surface area contributed by atoms with Crippen LogP contribution in [-0.4, -0.2) is 32.2 Å². The number of nitrogens with zero attached hydrogens (tertiary/aromatic N) is 3. The van der Waals surface area contributed by atoms with Gasteiger partial charge in [-0.15, -0.1) is 0 Å². The highest BCUT2D eigenvalue weighted by atomic mass is 32.2. The second-order valence-electron chi connectivity index (χ2n) is 7.49. The van der Waals surface area contributed by atoms with Crippen LogP contribution in [0.25, 0.3) is 16.7 Å². The van der Waals surface area contributed by atoms with E-state index in [4.69, 9.17) is 0 Å². The van der Waals surface area contributed by atoms with E-state index in [0.717, 1.165) is 33.9 Å². The number of aromatic nitrogens is 3. The van der Waals surface area contributed by atoms with Crippen LogP contribution in [-0.2, 0) is 17.1 Å². The molecule has 0 aliphatic carbocycles. The van der Waals surface area contributed by atoms with E-state index >= 15 is 0 Å². The molecule has 2 aromatic carbocycles. The largest absolute Gasteiger partial charge is 0.318 e. The van der Waals surface area contributed by atoms with Crippen molar-refractivity contribution in [2.75, 3.05) is 6.26 Å². The van der Waals surface area contributed by atoms with E-state index < -0.39 is 0 Å². The third-order valence-corrected chi connectivity index (χ3v) is 5.86. The van der Waals surface area contributed by atoms with Crippen molar-refractivity contribution in [3.8, 4) is 5.69 Å². The van der Waals surface area contributed by atoms with Gasteiger partial charge >= 0.3 is 0 Å². The molecule has 2 aromatic heterocycles. The predicted molar refractivity (Wildman–Crippen MR) is 128 cm³/mol. The minimum Gasteiger partial charge on any atom is -0.318 e. The van der Waals surface area contributed by atoms with Gasteiger partial charge in [0.1, 0.15) is 12.4 Å². The Morgan fingerprint density at radius 3 is 2.47 bits per heavy atom. The number of fused-ring (bicyclic) bond motifs is 1. The van der Waals surface area contributed by atoms with Crippen molar-refractivity contribution >= 4 is 34.6 Å². The van der Waals surface area contributed by atoms with Crippen LogP contribution in [0.5, 0.6) is 0 Å². The Hall–Kier alpha value is -3.52. The van der Waals surface area contributed by atoms with Crippen molar-refractivity contribution in [2.24, 2.45) is 0 Å². The van der Waals surface area contributed by atoms with Crippen molar-refractivity contribution in [3.05, 3.63) is 83.4 Å². The number of hydrazine groups is 1. The number of thioether (sulfide) groups is 1. The maximum atomic E-state index is 12.8. The number of para-hydroxylation sites is 3. The van der Waals surface area contributed by atoms with Crippen LogP contribution >= 0.6 is 11.8 Å². The monoisotopic (exact) mass is 447 g/mol. The van der Waals surface area contributed by atoms with Gasteiger partial charge in [-0.25, -0.2) is 4.98 Å². The summed E-state index contributed by atoms with van der Waals surface area (Å²) in [4.78, 5) is 30.1. The smallest absolute Gasteiger partial charge is 0.271 e. The Labute approximate surface area is 190 Å². The molecule has 164 valence electrons. The summed E-state index contributed by atoms with van der Waals surface area (Å²) in [5.74, 6) is 0.848. The predicted octanol–water partition coefficient (Wildman–Crippen LogP) is 3.77. The van der Waals surface area contributed by atoms with Gasteiger partial charge in [-0.1, -0.05) is 30.3 Å². The summed E-state index contributed by atoms with van der Waals surface area (Å²) < 4.78 is 3.90. The number of imidazole rings is 1. The minimum absolute atomic E-state index is 0.0692. The van der Waals surface area contributed by atoms with E-state index in [9.17, 15) is 9.59 Å². The van der Waals surface area contributed by atoms with Crippen molar-refractivity contribution in [1.82, 2.24) is 25.0 Å². The maximum Gasteiger partial charge on any atom is 0.271 e.